The molecule has 4 rings (SSSR count). The summed E-state index contributed by atoms with van der Waals surface area (Å²) < 4.78 is 5.20. The van der Waals surface area contributed by atoms with Crippen molar-refractivity contribution in [3.05, 3.63) is 59.8 Å². The summed E-state index contributed by atoms with van der Waals surface area (Å²) in [6, 6.07) is 8.23. The van der Waals surface area contributed by atoms with E-state index in [0.29, 0.717) is 18.9 Å². The Kier molecular flexibility index (Phi) is 6.59. The summed E-state index contributed by atoms with van der Waals surface area (Å²) in [5, 5.41) is 9.18. The molecule has 2 fully saturated rings. The molecule has 180 valence electrons. The molecule has 2 aliphatic heterocycles. The normalized spacial score (nSPS) is 21.1. The van der Waals surface area contributed by atoms with Crippen LogP contribution in [0.25, 0.3) is 11.3 Å². The fourth-order valence-corrected chi connectivity index (χ4v) is 4.93. The van der Waals surface area contributed by atoms with Gasteiger partial charge >= 0.3 is 0 Å². The number of aliphatic imine (C=N–C) groups is 1. The molecule has 1 aromatic carbocycles. The smallest absolute Gasteiger partial charge is 0.231 e. The summed E-state index contributed by atoms with van der Waals surface area (Å²) in [4.78, 5) is 23.8. The number of hydrogen-bond acceptors (Lipinski definition) is 6. The van der Waals surface area contributed by atoms with Gasteiger partial charge in [-0.1, -0.05) is 30.3 Å². The number of allylic oxidation sites excluding steroid dienone is 2. The fourth-order valence-electron chi connectivity index (χ4n) is 4.93. The molecule has 1 atom stereocenters. The molecule has 0 saturated carbocycles. The Morgan fingerprint density at radius 2 is 2.03 bits per heavy atom. The first-order valence-electron chi connectivity index (χ1n) is 11.7. The number of ether oxygens (including phenoxy) is 1. The Hall–Kier alpha value is -3.42. The van der Waals surface area contributed by atoms with E-state index in [4.69, 9.17) is 4.74 Å². The minimum absolute atomic E-state index is 0.194. The summed E-state index contributed by atoms with van der Waals surface area (Å²) in [7, 11) is 3.46. The van der Waals surface area contributed by atoms with Gasteiger partial charge in [0.25, 0.3) is 0 Å². The maximum atomic E-state index is 13.6. The summed E-state index contributed by atoms with van der Waals surface area (Å²) in [5.74, 6) is 1.68. The third-order valence-electron chi connectivity index (χ3n) is 6.78. The van der Waals surface area contributed by atoms with Gasteiger partial charge in [0, 0.05) is 38.0 Å². The van der Waals surface area contributed by atoms with Crippen LogP contribution in [0.5, 0.6) is 0 Å². The predicted octanol–water partition coefficient (Wildman–Crippen LogP) is 3.70. The standard InChI is InChI=1S/C26H34N6O2/c1-18-8-7-9-22(14-18)24-23(28-30(5)29-24)16-31-12-10-26(25(31)33)11-13-32(17-26)21(4)27-19(2)15-20(3)34-6/h7-9,14-15H,4,10-13,16-17H2,1-3,5-6H3/b20-15+,27-19?. The molecule has 3 heterocycles. The molecular weight excluding hydrogens is 428 g/mol. The minimum Gasteiger partial charge on any atom is -0.501 e. The Balaban J connectivity index is 1.46. The highest BCUT2D eigenvalue weighted by atomic mass is 16.5. The molecule has 8 heteroatoms. The van der Waals surface area contributed by atoms with Crippen molar-refractivity contribution in [2.24, 2.45) is 17.5 Å². The number of nitrogens with zero attached hydrogens (tertiary/aromatic N) is 6. The SMILES string of the molecule is C=C(N=C(C)/C=C(\C)OC)N1CCC2(CCN(Cc3nn(C)nc3-c3cccc(C)c3)C2=O)C1. The molecule has 0 aliphatic carbocycles. The van der Waals surface area contributed by atoms with Crippen molar-refractivity contribution in [3.8, 4) is 11.3 Å². The Morgan fingerprint density at radius 1 is 1.26 bits per heavy atom. The zero-order chi connectivity index (χ0) is 24.5. The lowest BCUT2D eigenvalue weighted by molar-refractivity contribution is -0.136. The van der Waals surface area contributed by atoms with Crippen molar-refractivity contribution < 1.29 is 9.53 Å². The first-order valence-corrected chi connectivity index (χ1v) is 11.7. The second kappa shape index (κ2) is 9.44. The topological polar surface area (TPSA) is 75.8 Å². The summed E-state index contributed by atoms with van der Waals surface area (Å²) >= 11 is 0. The van der Waals surface area contributed by atoms with E-state index in [2.05, 4.69) is 45.7 Å². The molecule has 0 bridgehead atoms. The van der Waals surface area contributed by atoms with E-state index in [1.165, 1.54) is 5.56 Å². The molecule has 1 spiro atoms. The molecule has 34 heavy (non-hydrogen) atoms. The first kappa shape index (κ1) is 23.7. The summed E-state index contributed by atoms with van der Waals surface area (Å²) in [6.07, 6.45) is 3.53. The van der Waals surface area contributed by atoms with Crippen molar-refractivity contribution in [2.75, 3.05) is 26.7 Å². The third-order valence-corrected chi connectivity index (χ3v) is 6.78. The van der Waals surface area contributed by atoms with Gasteiger partial charge in [-0.2, -0.15) is 15.0 Å². The average Bonchev–Trinajstić information content (AvgIpc) is 3.48. The van der Waals surface area contributed by atoms with Crippen molar-refractivity contribution >= 4 is 11.6 Å². The molecule has 2 aliphatic rings. The second-order valence-corrected chi connectivity index (χ2v) is 9.41. The van der Waals surface area contributed by atoms with Crippen LogP contribution in [0.4, 0.5) is 0 Å². The van der Waals surface area contributed by atoms with E-state index >= 15 is 0 Å². The van der Waals surface area contributed by atoms with Crippen LogP contribution < -0.4 is 0 Å². The van der Waals surface area contributed by atoms with E-state index < -0.39 is 0 Å². The highest BCUT2D eigenvalue weighted by molar-refractivity contribution is 5.93. The Labute approximate surface area is 201 Å². The predicted molar refractivity (Wildman–Crippen MR) is 133 cm³/mol. The van der Waals surface area contributed by atoms with Crippen LogP contribution in [0.2, 0.25) is 0 Å². The second-order valence-electron chi connectivity index (χ2n) is 9.41. The highest BCUT2D eigenvalue weighted by Crippen LogP contribution is 2.42. The van der Waals surface area contributed by atoms with Crippen molar-refractivity contribution in [1.82, 2.24) is 24.8 Å². The molecule has 1 unspecified atom stereocenters. The van der Waals surface area contributed by atoms with Crippen molar-refractivity contribution in [2.45, 2.75) is 40.2 Å². The van der Waals surface area contributed by atoms with Gasteiger partial charge in [-0.15, -0.1) is 0 Å². The number of rotatable bonds is 7. The molecule has 0 N–H and O–H groups in total. The zero-order valence-corrected chi connectivity index (χ0v) is 20.8. The maximum absolute atomic E-state index is 13.6. The van der Waals surface area contributed by atoms with Gasteiger partial charge in [-0.05, 0) is 45.8 Å². The van der Waals surface area contributed by atoms with Crippen molar-refractivity contribution in [1.29, 1.82) is 0 Å². The molecular formula is C26H34N6O2. The van der Waals surface area contributed by atoms with Crippen LogP contribution in [-0.4, -0.2) is 63.2 Å². The lowest BCUT2D eigenvalue weighted by Crippen LogP contribution is -2.36. The number of carbonyl (C=O) groups is 1. The largest absolute Gasteiger partial charge is 0.501 e. The number of amides is 1. The Morgan fingerprint density at radius 3 is 2.76 bits per heavy atom. The van der Waals surface area contributed by atoms with Gasteiger partial charge in [0.1, 0.15) is 17.2 Å². The van der Waals surface area contributed by atoms with E-state index in [1.54, 1.807) is 11.9 Å². The molecule has 1 aromatic heterocycles. The number of aromatic nitrogens is 3. The molecule has 2 aromatic rings. The van der Waals surface area contributed by atoms with E-state index in [9.17, 15) is 4.79 Å². The third kappa shape index (κ3) is 4.76. The molecule has 1 amide bonds. The van der Waals surface area contributed by atoms with Gasteiger partial charge in [-0.3, -0.25) is 4.79 Å². The maximum Gasteiger partial charge on any atom is 0.231 e. The van der Waals surface area contributed by atoms with Crippen molar-refractivity contribution in [3.63, 3.8) is 0 Å². The number of likely N-dealkylation sites (tertiary alicyclic amines) is 2. The van der Waals surface area contributed by atoms with Crippen LogP contribution in [0.1, 0.15) is 37.9 Å². The Bertz CT molecular complexity index is 1160. The van der Waals surface area contributed by atoms with Crippen LogP contribution in [0.3, 0.4) is 0 Å². The fraction of sp³-hybridized carbons (Fsp3) is 0.462. The van der Waals surface area contributed by atoms with Crippen LogP contribution >= 0.6 is 0 Å². The quantitative estimate of drug-likeness (QED) is 0.463. The van der Waals surface area contributed by atoms with E-state index in [1.807, 2.05) is 44.0 Å². The number of aryl methyl sites for hydroxylation is 2. The van der Waals surface area contributed by atoms with E-state index in [-0.39, 0.29) is 11.3 Å². The first-order chi connectivity index (χ1) is 16.2. The number of methoxy groups -OCH3 is 1. The van der Waals surface area contributed by atoms with Crippen LogP contribution in [0, 0.1) is 12.3 Å². The lowest BCUT2D eigenvalue weighted by atomic mass is 9.85. The van der Waals surface area contributed by atoms with Crippen LogP contribution in [-0.2, 0) is 23.1 Å². The molecule has 8 nitrogen and oxygen atoms in total. The summed E-state index contributed by atoms with van der Waals surface area (Å²) in [5.41, 5.74) is 4.32. The lowest BCUT2D eigenvalue weighted by Gasteiger charge is -2.24. The monoisotopic (exact) mass is 462 g/mol. The summed E-state index contributed by atoms with van der Waals surface area (Å²) in [6.45, 7) is 12.7. The van der Waals surface area contributed by atoms with Gasteiger partial charge in [0.05, 0.1) is 24.8 Å². The van der Waals surface area contributed by atoms with Gasteiger partial charge in [0.15, 0.2) is 0 Å². The van der Waals surface area contributed by atoms with Gasteiger partial charge in [0.2, 0.25) is 5.91 Å². The molecule has 2 saturated heterocycles. The van der Waals surface area contributed by atoms with E-state index in [0.717, 1.165) is 54.4 Å². The zero-order valence-electron chi connectivity index (χ0n) is 20.8. The number of benzene rings is 1. The molecule has 0 radical (unpaired) electrons. The van der Waals surface area contributed by atoms with Gasteiger partial charge in [-0.25, -0.2) is 4.99 Å². The van der Waals surface area contributed by atoms with Crippen LogP contribution in [0.15, 0.2) is 53.5 Å². The average molecular weight is 463 g/mol. The number of hydrogen-bond donors (Lipinski definition) is 0. The highest BCUT2D eigenvalue weighted by Gasteiger charge is 2.51. The van der Waals surface area contributed by atoms with Gasteiger partial charge < -0.3 is 14.5 Å². The number of carbonyl (C=O) groups excluding carboxylic acids is 1. The minimum atomic E-state index is -0.379.